The van der Waals surface area contributed by atoms with Gasteiger partial charge in [-0.2, -0.15) is 0 Å². The summed E-state index contributed by atoms with van der Waals surface area (Å²) >= 11 is 0. The minimum Gasteiger partial charge on any atom is -0.491 e. The van der Waals surface area contributed by atoms with Crippen LogP contribution in [0.1, 0.15) is 108 Å². The maximum Gasteiger partial charge on any atom is 0.122 e. The van der Waals surface area contributed by atoms with Crippen molar-refractivity contribution < 1.29 is 14.6 Å². The van der Waals surface area contributed by atoms with Gasteiger partial charge in [0.15, 0.2) is 0 Å². The molecule has 35 heavy (non-hydrogen) atoms. The summed E-state index contributed by atoms with van der Waals surface area (Å²) in [5.41, 5.74) is 3.74. The number of aryl methyl sites for hydroxylation is 2. The van der Waals surface area contributed by atoms with E-state index < -0.39 is 0 Å². The van der Waals surface area contributed by atoms with Crippen molar-refractivity contribution in [2.24, 2.45) is 0 Å². The van der Waals surface area contributed by atoms with Crippen molar-refractivity contribution in [3.8, 4) is 5.75 Å². The Kier molecular flexibility index (Phi) is 16.3. The summed E-state index contributed by atoms with van der Waals surface area (Å²) in [6.45, 7) is 5.24. The Balaban J connectivity index is 1.61. The molecular formula is C32H50O3. The number of benzene rings is 2. The molecule has 1 unspecified atom stereocenters. The number of unbranched alkanes of at least 4 members (excludes halogenated alkanes) is 11. The predicted molar refractivity (Wildman–Crippen MR) is 148 cm³/mol. The van der Waals surface area contributed by atoms with E-state index in [1.54, 1.807) is 0 Å². The van der Waals surface area contributed by atoms with Crippen molar-refractivity contribution in [2.75, 3.05) is 13.2 Å². The zero-order valence-electron chi connectivity index (χ0n) is 22.5. The fraction of sp³-hybridized carbons (Fsp3) is 0.625. The summed E-state index contributed by atoms with van der Waals surface area (Å²) in [6.07, 6.45) is 18.4. The number of rotatable bonds is 21. The van der Waals surface area contributed by atoms with Crippen LogP contribution in [-0.4, -0.2) is 24.4 Å². The van der Waals surface area contributed by atoms with Gasteiger partial charge in [0.1, 0.15) is 18.5 Å². The van der Waals surface area contributed by atoms with Gasteiger partial charge in [-0.3, -0.25) is 0 Å². The minimum absolute atomic E-state index is 0.0503. The standard InChI is InChI=1S/C32H50O3/c1-3-5-6-7-8-9-10-11-12-13-14-16-19-28-22-23-32(30(4-2)24-28)35-27-31(25-33)34-26-29-20-17-15-18-21-29/h15,17-18,20-24,31,33H,3-14,16,19,25-27H2,1-2H3. The van der Waals surface area contributed by atoms with Gasteiger partial charge < -0.3 is 14.6 Å². The van der Waals surface area contributed by atoms with Crippen LogP contribution in [0.5, 0.6) is 5.75 Å². The summed E-state index contributed by atoms with van der Waals surface area (Å²) in [4.78, 5) is 0. The molecule has 2 aromatic carbocycles. The minimum atomic E-state index is -0.333. The molecule has 2 aromatic rings. The third kappa shape index (κ3) is 13.2. The van der Waals surface area contributed by atoms with Gasteiger partial charge in [0, 0.05) is 0 Å². The van der Waals surface area contributed by atoms with Crippen molar-refractivity contribution in [2.45, 2.75) is 116 Å². The monoisotopic (exact) mass is 482 g/mol. The molecule has 0 aliphatic carbocycles. The Labute approximate surface area is 215 Å². The molecule has 0 fully saturated rings. The maximum atomic E-state index is 9.69. The van der Waals surface area contributed by atoms with E-state index in [0.29, 0.717) is 13.2 Å². The Morgan fingerprint density at radius 1 is 0.714 bits per heavy atom. The molecule has 1 N–H and O–H groups in total. The van der Waals surface area contributed by atoms with E-state index in [0.717, 1.165) is 24.2 Å². The first-order valence-electron chi connectivity index (χ1n) is 14.3. The lowest BCUT2D eigenvalue weighted by Crippen LogP contribution is -2.25. The van der Waals surface area contributed by atoms with Crippen LogP contribution in [0.2, 0.25) is 0 Å². The van der Waals surface area contributed by atoms with E-state index in [2.05, 4.69) is 32.0 Å². The molecular weight excluding hydrogens is 432 g/mol. The molecule has 0 aliphatic heterocycles. The summed E-state index contributed by atoms with van der Waals surface area (Å²) in [6, 6.07) is 16.6. The highest BCUT2D eigenvalue weighted by Gasteiger charge is 2.11. The fourth-order valence-corrected chi connectivity index (χ4v) is 4.50. The van der Waals surface area contributed by atoms with E-state index in [4.69, 9.17) is 9.47 Å². The molecule has 0 spiro atoms. The Morgan fingerprint density at radius 3 is 1.94 bits per heavy atom. The highest BCUT2D eigenvalue weighted by atomic mass is 16.5. The molecule has 0 radical (unpaired) electrons. The van der Waals surface area contributed by atoms with Crippen molar-refractivity contribution in [1.29, 1.82) is 0 Å². The Bertz CT molecular complexity index is 759. The van der Waals surface area contributed by atoms with Crippen LogP contribution in [0.15, 0.2) is 48.5 Å². The highest BCUT2D eigenvalue weighted by molar-refractivity contribution is 5.37. The molecule has 196 valence electrons. The average Bonchev–Trinajstić information content (AvgIpc) is 2.90. The van der Waals surface area contributed by atoms with Gasteiger partial charge in [-0.1, -0.05) is 127 Å². The molecule has 0 heterocycles. The lowest BCUT2D eigenvalue weighted by atomic mass is 10.0. The van der Waals surface area contributed by atoms with Crippen molar-refractivity contribution >= 4 is 0 Å². The van der Waals surface area contributed by atoms with Gasteiger partial charge in [-0.05, 0) is 42.0 Å². The molecule has 1 atom stereocenters. The Hall–Kier alpha value is -1.84. The van der Waals surface area contributed by atoms with E-state index in [1.807, 2.05) is 30.3 Å². The van der Waals surface area contributed by atoms with Crippen molar-refractivity contribution in [3.05, 3.63) is 65.2 Å². The lowest BCUT2D eigenvalue weighted by Gasteiger charge is -2.18. The van der Waals surface area contributed by atoms with Crippen LogP contribution in [0.25, 0.3) is 0 Å². The van der Waals surface area contributed by atoms with E-state index >= 15 is 0 Å². The van der Waals surface area contributed by atoms with Crippen LogP contribution >= 0.6 is 0 Å². The molecule has 0 amide bonds. The second-order valence-corrected chi connectivity index (χ2v) is 9.85. The van der Waals surface area contributed by atoms with Crippen molar-refractivity contribution in [1.82, 2.24) is 0 Å². The maximum absolute atomic E-state index is 9.69. The number of hydrogen-bond donors (Lipinski definition) is 1. The zero-order chi connectivity index (χ0) is 25.0. The molecule has 0 aromatic heterocycles. The normalized spacial score (nSPS) is 12.1. The largest absolute Gasteiger partial charge is 0.491 e. The average molecular weight is 483 g/mol. The Morgan fingerprint density at radius 2 is 1.34 bits per heavy atom. The van der Waals surface area contributed by atoms with Gasteiger partial charge in [-0.25, -0.2) is 0 Å². The van der Waals surface area contributed by atoms with Crippen LogP contribution in [0.4, 0.5) is 0 Å². The predicted octanol–water partition coefficient (Wildman–Crippen LogP) is 8.45. The molecule has 2 rings (SSSR count). The summed E-state index contributed by atoms with van der Waals surface area (Å²) in [5.74, 6) is 0.910. The first-order valence-corrected chi connectivity index (χ1v) is 14.3. The quantitative estimate of drug-likeness (QED) is 0.181. The smallest absolute Gasteiger partial charge is 0.122 e. The third-order valence-electron chi connectivity index (χ3n) is 6.78. The number of aliphatic hydroxyl groups is 1. The third-order valence-corrected chi connectivity index (χ3v) is 6.78. The number of aliphatic hydroxyl groups excluding tert-OH is 1. The zero-order valence-corrected chi connectivity index (χ0v) is 22.5. The topological polar surface area (TPSA) is 38.7 Å². The molecule has 3 heteroatoms. The van der Waals surface area contributed by atoms with Gasteiger partial charge in [0.05, 0.1) is 13.2 Å². The van der Waals surface area contributed by atoms with Crippen molar-refractivity contribution in [3.63, 3.8) is 0 Å². The SMILES string of the molecule is CCCCCCCCCCCCCCc1ccc(OCC(CO)OCc2ccccc2)c(CC)c1. The van der Waals surface area contributed by atoms with Crippen LogP contribution < -0.4 is 4.74 Å². The van der Waals surface area contributed by atoms with E-state index in [9.17, 15) is 5.11 Å². The van der Waals surface area contributed by atoms with Gasteiger partial charge >= 0.3 is 0 Å². The molecule has 0 bridgehead atoms. The summed E-state index contributed by atoms with van der Waals surface area (Å²) < 4.78 is 11.9. The number of ether oxygens (including phenoxy) is 2. The van der Waals surface area contributed by atoms with Gasteiger partial charge in [-0.15, -0.1) is 0 Å². The molecule has 0 aliphatic rings. The molecule has 0 saturated carbocycles. The summed E-state index contributed by atoms with van der Waals surface area (Å²) in [5, 5.41) is 9.69. The van der Waals surface area contributed by atoms with E-state index in [1.165, 1.54) is 88.2 Å². The van der Waals surface area contributed by atoms with Gasteiger partial charge in [0.25, 0.3) is 0 Å². The highest BCUT2D eigenvalue weighted by Crippen LogP contribution is 2.23. The lowest BCUT2D eigenvalue weighted by molar-refractivity contribution is -0.0228. The van der Waals surface area contributed by atoms with Gasteiger partial charge in [0.2, 0.25) is 0 Å². The second kappa shape index (κ2) is 19.4. The molecule has 0 saturated heterocycles. The van der Waals surface area contributed by atoms with Crippen LogP contribution in [0, 0.1) is 0 Å². The first-order chi connectivity index (χ1) is 17.3. The van der Waals surface area contributed by atoms with Crippen LogP contribution in [0.3, 0.4) is 0 Å². The second-order valence-electron chi connectivity index (χ2n) is 9.85. The number of hydrogen-bond acceptors (Lipinski definition) is 3. The van der Waals surface area contributed by atoms with E-state index in [-0.39, 0.29) is 12.7 Å². The summed E-state index contributed by atoms with van der Waals surface area (Å²) in [7, 11) is 0. The fourth-order valence-electron chi connectivity index (χ4n) is 4.50. The van der Waals surface area contributed by atoms with Crippen LogP contribution in [-0.2, 0) is 24.2 Å². The molecule has 3 nitrogen and oxygen atoms in total. The first kappa shape index (κ1) is 29.4.